The van der Waals surface area contributed by atoms with E-state index < -0.39 is 0 Å². The van der Waals surface area contributed by atoms with Crippen LogP contribution >= 0.6 is 0 Å². The molecule has 0 bridgehead atoms. The van der Waals surface area contributed by atoms with Gasteiger partial charge < -0.3 is 14.4 Å². The van der Waals surface area contributed by atoms with Gasteiger partial charge in [0, 0.05) is 17.3 Å². The molecule has 2 heterocycles. The second-order valence-electron chi connectivity index (χ2n) is 10.8. The summed E-state index contributed by atoms with van der Waals surface area (Å²) in [5, 5.41) is 0. The molecule has 7 nitrogen and oxygen atoms in total. The summed E-state index contributed by atoms with van der Waals surface area (Å²) in [4.78, 5) is 42.5. The first kappa shape index (κ1) is 27.3. The summed E-state index contributed by atoms with van der Waals surface area (Å²) in [6.45, 7) is 4.12. The lowest BCUT2D eigenvalue weighted by molar-refractivity contribution is 0.0642. The van der Waals surface area contributed by atoms with E-state index in [2.05, 4.69) is 12.1 Å². The number of ether oxygens (including phenoxy) is 2. The molecule has 2 aliphatic heterocycles. The minimum absolute atomic E-state index is 0.0667. The number of rotatable bonds is 9. The largest absolute Gasteiger partial charge is 0.493 e. The summed E-state index contributed by atoms with van der Waals surface area (Å²) in [5.41, 5.74) is 4.95. The van der Waals surface area contributed by atoms with E-state index in [0.29, 0.717) is 33.9 Å². The van der Waals surface area contributed by atoms with Gasteiger partial charge in [-0.3, -0.25) is 19.3 Å². The molecule has 0 aliphatic carbocycles. The highest BCUT2D eigenvalue weighted by atomic mass is 16.5. The van der Waals surface area contributed by atoms with E-state index in [4.69, 9.17) is 9.47 Å². The lowest BCUT2D eigenvalue weighted by atomic mass is 10.0. The standard InChI is InChI=1S/C35H32N2O5/c1-22(13-14-24-9-5-4-6-10-24)42-32-20-26(16-18-31(32)41-3)37-23(2)27-17-15-25(19-30(27)35(37)40)21-36-33(38)28-11-7-8-12-29(28)34(36)39/h4-12,15-20,22-23H,13-14,21H2,1-3H3. The number of hydrogen-bond acceptors (Lipinski definition) is 5. The highest BCUT2D eigenvalue weighted by Crippen LogP contribution is 2.41. The topological polar surface area (TPSA) is 76.2 Å². The van der Waals surface area contributed by atoms with Crippen molar-refractivity contribution >= 4 is 23.4 Å². The first-order valence-electron chi connectivity index (χ1n) is 14.2. The fourth-order valence-electron chi connectivity index (χ4n) is 5.80. The lowest BCUT2D eigenvalue weighted by Gasteiger charge is -2.24. The normalized spacial score (nSPS) is 16.5. The first-order chi connectivity index (χ1) is 20.4. The van der Waals surface area contributed by atoms with Crippen molar-refractivity contribution in [3.63, 3.8) is 0 Å². The number of fused-ring (bicyclic) bond motifs is 2. The molecule has 7 heteroatoms. The van der Waals surface area contributed by atoms with E-state index in [-0.39, 0.29) is 36.4 Å². The molecular formula is C35H32N2O5. The van der Waals surface area contributed by atoms with Gasteiger partial charge in [0.05, 0.1) is 36.9 Å². The zero-order valence-corrected chi connectivity index (χ0v) is 23.9. The van der Waals surface area contributed by atoms with Gasteiger partial charge in [-0.05, 0) is 73.7 Å². The third kappa shape index (κ3) is 4.91. The van der Waals surface area contributed by atoms with Crippen molar-refractivity contribution in [3.05, 3.63) is 124 Å². The van der Waals surface area contributed by atoms with Crippen molar-refractivity contribution in [2.45, 2.75) is 45.4 Å². The van der Waals surface area contributed by atoms with Crippen LogP contribution in [0.4, 0.5) is 5.69 Å². The first-order valence-corrected chi connectivity index (χ1v) is 14.2. The summed E-state index contributed by atoms with van der Waals surface area (Å²) >= 11 is 0. The third-order valence-electron chi connectivity index (χ3n) is 8.06. The molecule has 2 aliphatic rings. The monoisotopic (exact) mass is 560 g/mol. The zero-order valence-electron chi connectivity index (χ0n) is 23.9. The second-order valence-corrected chi connectivity index (χ2v) is 10.8. The molecule has 42 heavy (non-hydrogen) atoms. The second kappa shape index (κ2) is 11.2. The molecule has 2 unspecified atom stereocenters. The van der Waals surface area contributed by atoms with Gasteiger partial charge in [0.1, 0.15) is 0 Å². The van der Waals surface area contributed by atoms with E-state index in [1.165, 1.54) is 10.5 Å². The van der Waals surface area contributed by atoms with Gasteiger partial charge in [-0.1, -0.05) is 54.6 Å². The molecule has 0 spiro atoms. The maximum absolute atomic E-state index is 13.8. The van der Waals surface area contributed by atoms with E-state index in [1.54, 1.807) is 42.3 Å². The minimum atomic E-state index is -0.318. The molecule has 2 atom stereocenters. The summed E-state index contributed by atoms with van der Waals surface area (Å²) in [7, 11) is 1.60. The number of aryl methyl sites for hydroxylation is 1. The molecule has 4 aromatic carbocycles. The average Bonchev–Trinajstić information content (AvgIpc) is 3.40. The van der Waals surface area contributed by atoms with Crippen molar-refractivity contribution in [1.82, 2.24) is 4.90 Å². The number of hydrogen-bond donors (Lipinski definition) is 0. The van der Waals surface area contributed by atoms with E-state index in [0.717, 1.165) is 24.0 Å². The quantitative estimate of drug-likeness (QED) is 0.215. The number of nitrogens with zero attached hydrogens (tertiary/aromatic N) is 2. The van der Waals surface area contributed by atoms with Crippen molar-refractivity contribution in [3.8, 4) is 11.5 Å². The Morgan fingerprint density at radius 1 is 0.738 bits per heavy atom. The summed E-state index contributed by atoms with van der Waals surface area (Å²) < 4.78 is 11.9. The number of amides is 3. The molecule has 0 saturated carbocycles. The van der Waals surface area contributed by atoms with Crippen molar-refractivity contribution in [1.29, 1.82) is 0 Å². The maximum atomic E-state index is 13.8. The van der Waals surface area contributed by atoms with E-state index >= 15 is 0 Å². The highest BCUT2D eigenvalue weighted by Gasteiger charge is 2.38. The van der Waals surface area contributed by atoms with Gasteiger partial charge in [-0.25, -0.2) is 0 Å². The maximum Gasteiger partial charge on any atom is 0.261 e. The van der Waals surface area contributed by atoms with Crippen LogP contribution < -0.4 is 14.4 Å². The molecular weight excluding hydrogens is 528 g/mol. The number of anilines is 1. The predicted octanol–water partition coefficient (Wildman–Crippen LogP) is 6.61. The van der Waals surface area contributed by atoms with Crippen LogP contribution in [0.1, 0.15) is 74.1 Å². The SMILES string of the molecule is COc1ccc(N2C(=O)c3cc(CN4C(=O)c5ccccc5C4=O)ccc3C2C)cc1OC(C)CCc1ccccc1. The number of carbonyl (C=O) groups excluding carboxylic acids is 3. The summed E-state index contributed by atoms with van der Waals surface area (Å²) in [6, 6.07) is 28.0. The van der Waals surface area contributed by atoms with Crippen LogP contribution in [0.2, 0.25) is 0 Å². The van der Waals surface area contributed by atoms with Crippen molar-refractivity contribution in [2.24, 2.45) is 0 Å². The summed E-state index contributed by atoms with van der Waals surface area (Å²) in [6.07, 6.45) is 1.66. The van der Waals surface area contributed by atoms with Crippen molar-refractivity contribution in [2.75, 3.05) is 12.0 Å². The Bertz CT molecular complexity index is 1650. The Labute approximate surface area is 245 Å². The Kier molecular flexibility index (Phi) is 7.25. The fourth-order valence-corrected chi connectivity index (χ4v) is 5.80. The van der Waals surface area contributed by atoms with Crippen LogP contribution in [-0.2, 0) is 13.0 Å². The van der Waals surface area contributed by atoms with E-state index in [1.807, 2.05) is 62.4 Å². The Hall–Kier alpha value is -4.91. The van der Waals surface area contributed by atoms with Gasteiger partial charge in [-0.2, -0.15) is 0 Å². The Morgan fingerprint density at radius 2 is 1.43 bits per heavy atom. The average molecular weight is 561 g/mol. The van der Waals surface area contributed by atoms with Gasteiger partial charge in [0.15, 0.2) is 11.5 Å². The number of methoxy groups -OCH3 is 1. The smallest absolute Gasteiger partial charge is 0.261 e. The highest BCUT2D eigenvalue weighted by molar-refractivity contribution is 6.21. The Balaban J connectivity index is 1.20. The molecule has 0 saturated heterocycles. The molecule has 0 radical (unpaired) electrons. The lowest BCUT2D eigenvalue weighted by Crippen LogP contribution is -2.29. The molecule has 0 N–H and O–H groups in total. The number of benzene rings is 4. The van der Waals surface area contributed by atoms with E-state index in [9.17, 15) is 14.4 Å². The van der Waals surface area contributed by atoms with Crippen molar-refractivity contribution < 1.29 is 23.9 Å². The minimum Gasteiger partial charge on any atom is -0.493 e. The third-order valence-corrected chi connectivity index (χ3v) is 8.06. The van der Waals surface area contributed by atoms with Crippen LogP contribution in [-0.4, -0.2) is 35.8 Å². The predicted molar refractivity (Wildman–Crippen MR) is 160 cm³/mol. The van der Waals surface area contributed by atoms with Crippen LogP contribution in [0.3, 0.4) is 0 Å². The Morgan fingerprint density at radius 3 is 2.12 bits per heavy atom. The van der Waals surface area contributed by atoms with Crippen LogP contribution in [0.5, 0.6) is 11.5 Å². The zero-order chi connectivity index (χ0) is 29.4. The van der Waals surface area contributed by atoms with Gasteiger partial charge in [0.2, 0.25) is 0 Å². The molecule has 3 amide bonds. The fraction of sp³-hybridized carbons (Fsp3) is 0.229. The molecule has 0 fully saturated rings. The van der Waals surface area contributed by atoms with Crippen LogP contribution in [0.25, 0.3) is 0 Å². The van der Waals surface area contributed by atoms with Crippen LogP contribution in [0, 0.1) is 0 Å². The number of imide groups is 1. The van der Waals surface area contributed by atoms with Crippen LogP contribution in [0.15, 0.2) is 91.0 Å². The molecule has 4 aromatic rings. The summed E-state index contributed by atoms with van der Waals surface area (Å²) in [5.74, 6) is 0.403. The number of carbonyl (C=O) groups is 3. The molecule has 0 aromatic heterocycles. The molecule has 212 valence electrons. The van der Waals surface area contributed by atoms with Gasteiger partial charge >= 0.3 is 0 Å². The van der Waals surface area contributed by atoms with Gasteiger partial charge in [0.25, 0.3) is 17.7 Å². The molecule has 6 rings (SSSR count). The van der Waals surface area contributed by atoms with Gasteiger partial charge in [-0.15, -0.1) is 0 Å².